The lowest BCUT2D eigenvalue weighted by Crippen LogP contribution is -2.26. The average molecular weight is 517 g/mol. The molecule has 0 fully saturated rings. The fourth-order valence-electron chi connectivity index (χ4n) is 4.77. The molecule has 0 saturated heterocycles. The van der Waals surface area contributed by atoms with Crippen molar-refractivity contribution in [3.63, 3.8) is 0 Å². The van der Waals surface area contributed by atoms with Gasteiger partial charge in [-0.25, -0.2) is 4.98 Å². The Morgan fingerprint density at radius 2 is 1.23 bits per heavy atom. The van der Waals surface area contributed by atoms with E-state index in [4.69, 9.17) is 4.74 Å². The van der Waals surface area contributed by atoms with Crippen LogP contribution in [0, 0.1) is 6.92 Å². The first-order valence-corrected chi connectivity index (χ1v) is 13.0. The highest BCUT2D eigenvalue weighted by molar-refractivity contribution is 5.74. The second-order valence-electron chi connectivity index (χ2n) is 9.88. The molecule has 196 valence electrons. The largest absolute Gasteiger partial charge is 0.508 e. The Hall–Kier alpha value is -4.77. The summed E-state index contributed by atoms with van der Waals surface area (Å²) < 4.78 is 6.22. The highest BCUT2D eigenvalue weighted by atomic mass is 16.5. The van der Waals surface area contributed by atoms with Crippen LogP contribution < -0.4 is 9.64 Å². The minimum absolute atomic E-state index is 0.230. The molecule has 0 radical (unpaired) electrons. The number of aromatic hydroxyl groups is 2. The van der Waals surface area contributed by atoms with E-state index >= 15 is 0 Å². The summed E-state index contributed by atoms with van der Waals surface area (Å²) in [5.74, 6) is 2.08. The zero-order valence-corrected chi connectivity index (χ0v) is 22.2. The van der Waals surface area contributed by atoms with Crippen LogP contribution in [0.25, 0.3) is 0 Å². The number of benzene rings is 4. The van der Waals surface area contributed by atoms with E-state index in [1.54, 1.807) is 30.5 Å². The van der Waals surface area contributed by atoms with Crippen molar-refractivity contribution in [2.24, 2.45) is 0 Å². The molecule has 5 heteroatoms. The Labute approximate surface area is 229 Å². The molecule has 0 aliphatic carbocycles. The molecule has 0 unspecified atom stereocenters. The van der Waals surface area contributed by atoms with Crippen molar-refractivity contribution >= 4 is 17.2 Å². The second-order valence-corrected chi connectivity index (χ2v) is 9.88. The lowest BCUT2D eigenvalue weighted by Gasteiger charge is -2.31. The Morgan fingerprint density at radius 3 is 1.74 bits per heavy atom. The molecule has 0 saturated carbocycles. The van der Waals surface area contributed by atoms with Gasteiger partial charge < -0.3 is 14.9 Å². The summed E-state index contributed by atoms with van der Waals surface area (Å²) >= 11 is 0. The van der Waals surface area contributed by atoms with Crippen LogP contribution in [0.1, 0.15) is 30.0 Å². The van der Waals surface area contributed by atoms with Gasteiger partial charge in [0.15, 0.2) is 0 Å². The summed E-state index contributed by atoms with van der Waals surface area (Å²) in [6.45, 7) is 4.72. The van der Waals surface area contributed by atoms with Crippen LogP contribution in [-0.2, 0) is 5.41 Å². The van der Waals surface area contributed by atoms with Gasteiger partial charge in [-0.05, 0) is 97.3 Å². The Morgan fingerprint density at radius 1 is 0.692 bits per heavy atom. The highest BCUT2D eigenvalue weighted by Gasteiger charge is 2.29. The Balaban J connectivity index is 1.35. The number of rotatable bonds is 9. The molecule has 1 aromatic heterocycles. The zero-order valence-electron chi connectivity index (χ0n) is 22.2. The zero-order chi connectivity index (χ0) is 27.2. The maximum absolute atomic E-state index is 9.81. The van der Waals surface area contributed by atoms with Crippen LogP contribution in [0.5, 0.6) is 17.2 Å². The standard InChI is InChI=1S/C34H32N2O3/c1-25-6-12-28(13-7-25)36(33-5-3-4-23-35-33)29-14-20-32(21-15-29)39-24-22-34(2,26-8-16-30(37)17-9-26)27-10-18-31(38)19-11-27/h3-21,23,37-38H,22,24H2,1-2H3. The third kappa shape index (κ3) is 5.88. The molecule has 0 atom stereocenters. The molecule has 1 heterocycles. The number of anilines is 3. The summed E-state index contributed by atoms with van der Waals surface area (Å²) in [7, 11) is 0. The third-order valence-corrected chi connectivity index (χ3v) is 7.15. The van der Waals surface area contributed by atoms with Gasteiger partial charge in [0.1, 0.15) is 23.1 Å². The first-order valence-electron chi connectivity index (χ1n) is 13.0. The van der Waals surface area contributed by atoms with Gasteiger partial charge in [0.25, 0.3) is 0 Å². The van der Waals surface area contributed by atoms with Gasteiger partial charge in [0.2, 0.25) is 0 Å². The number of phenolic OH excluding ortho intramolecular Hbond substituents is 2. The highest BCUT2D eigenvalue weighted by Crippen LogP contribution is 2.38. The van der Waals surface area contributed by atoms with E-state index in [9.17, 15) is 10.2 Å². The average Bonchev–Trinajstić information content (AvgIpc) is 2.96. The van der Waals surface area contributed by atoms with E-state index in [0.29, 0.717) is 13.0 Å². The summed E-state index contributed by atoms with van der Waals surface area (Å²) in [6.07, 6.45) is 2.50. The molecule has 4 aromatic carbocycles. The maximum Gasteiger partial charge on any atom is 0.137 e. The number of pyridine rings is 1. The summed E-state index contributed by atoms with van der Waals surface area (Å²) in [5.41, 5.74) is 4.98. The molecular weight excluding hydrogens is 484 g/mol. The topological polar surface area (TPSA) is 65.8 Å². The molecule has 5 aromatic rings. The number of hydrogen-bond donors (Lipinski definition) is 2. The molecule has 0 spiro atoms. The third-order valence-electron chi connectivity index (χ3n) is 7.15. The van der Waals surface area contributed by atoms with Crippen LogP contribution in [0.3, 0.4) is 0 Å². The minimum Gasteiger partial charge on any atom is -0.508 e. The molecule has 0 aliphatic heterocycles. The van der Waals surface area contributed by atoms with Crippen molar-refractivity contribution in [1.82, 2.24) is 4.98 Å². The molecule has 0 aliphatic rings. The monoisotopic (exact) mass is 516 g/mol. The number of nitrogens with zero attached hydrogens (tertiary/aromatic N) is 2. The minimum atomic E-state index is -0.372. The number of aryl methyl sites for hydroxylation is 1. The van der Waals surface area contributed by atoms with Gasteiger partial charge >= 0.3 is 0 Å². The van der Waals surface area contributed by atoms with E-state index < -0.39 is 0 Å². The first-order chi connectivity index (χ1) is 18.9. The van der Waals surface area contributed by atoms with Crippen LogP contribution in [0.15, 0.2) is 121 Å². The molecule has 0 bridgehead atoms. The van der Waals surface area contributed by atoms with Crippen LogP contribution in [0.4, 0.5) is 17.2 Å². The SMILES string of the molecule is Cc1ccc(N(c2ccc(OCCC(C)(c3ccc(O)cc3)c3ccc(O)cc3)cc2)c2ccccn2)cc1. The lowest BCUT2D eigenvalue weighted by atomic mass is 9.74. The molecule has 2 N–H and O–H groups in total. The summed E-state index contributed by atoms with van der Waals surface area (Å²) in [6, 6.07) is 36.9. The summed E-state index contributed by atoms with van der Waals surface area (Å²) in [5, 5.41) is 19.6. The van der Waals surface area contributed by atoms with Gasteiger partial charge in [-0.15, -0.1) is 0 Å². The molecule has 39 heavy (non-hydrogen) atoms. The number of aromatic nitrogens is 1. The molecular formula is C34H32N2O3. The maximum atomic E-state index is 9.81. The predicted octanol–water partition coefficient (Wildman–Crippen LogP) is 8.05. The first kappa shape index (κ1) is 25.9. The number of phenols is 2. The van der Waals surface area contributed by atoms with Crippen molar-refractivity contribution in [3.05, 3.63) is 138 Å². The fourth-order valence-corrected chi connectivity index (χ4v) is 4.77. The lowest BCUT2D eigenvalue weighted by molar-refractivity contribution is 0.280. The van der Waals surface area contributed by atoms with Crippen molar-refractivity contribution < 1.29 is 14.9 Å². The quantitative estimate of drug-likeness (QED) is 0.207. The van der Waals surface area contributed by atoms with Crippen molar-refractivity contribution in [1.29, 1.82) is 0 Å². The van der Waals surface area contributed by atoms with Crippen LogP contribution in [0.2, 0.25) is 0 Å². The molecule has 5 rings (SSSR count). The normalized spacial score (nSPS) is 11.2. The second kappa shape index (κ2) is 11.3. The van der Waals surface area contributed by atoms with Crippen molar-refractivity contribution in [3.8, 4) is 17.2 Å². The van der Waals surface area contributed by atoms with Gasteiger partial charge in [0.05, 0.1) is 6.61 Å². The van der Waals surface area contributed by atoms with Crippen molar-refractivity contribution in [2.45, 2.75) is 25.7 Å². The smallest absolute Gasteiger partial charge is 0.137 e. The summed E-state index contributed by atoms with van der Waals surface area (Å²) in [4.78, 5) is 6.71. The van der Waals surface area contributed by atoms with Gasteiger partial charge in [-0.2, -0.15) is 0 Å². The predicted molar refractivity (Wildman–Crippen MR) is 156 cm³/mol. The van der Waals surface area contributed by atoms with Crippen LogP contribution in [-0.4, -0.2) is 21.8 Å². The fraction of sp³-hybridized carbons (Fsp3) is 0.147. The van der Waals surface area contributed by atoms with Gasteiger partial charge in [-0.3, -0.25) is 4.90 Å². The van der Waals surface area contributed by atoms with E-state index in [0.717, 1.165) is 34.1 Å². The van der Waals surface area contributed by atoms with Crippen LogP contribution >= 0.6 is 0 Å². The van der Waals surface area contributed by atoms with E-state index in [2.05, 4.69) is 48.0 Å². The number of hydrogen-bond acceptors (Lipinski definition) is 5. The van der Waals surface area contributed by atoms with E-state index in [-0.39, 0.29) is 16.9 Å². The number of ether oxygens (including phenoxy) is 1. The van der Waals surface area contributed by atoms with E-state index in [1.807, 2.05) is 66.7 Å². The van der Waals surface area contributed by atoms with Gasteiger partial charge in [0, 0.05) is 23.0 Å². The van der Waals surface area contributed by atoms with Gasteiger partial charge in [-0.1, -0.05) is 55.0 Å². The molecule has 0 amide bonds. The van der Waals surface area contributed by atoms with E-state index in [1.165, 1.54) is 5.56 Å². The Kier molecular flexibility index (Phi) is 7.50. The molecule has 5 nitrogen and oxygen atoms in total. The van der Waals surface area contributed by atoms with Crippen molar-refractivity contribution in [2.75, 3.05) is 11.5 Å². The Bertz CT molecular complexity index is 1440.